The van der Waals surface area contributed by atoms with Crippen molar-refractivity contribution in [2.24, 2.45) is 0 Å². The first-order valence-electron chi connectivity index (χ1n) is 7.83. The fourth-order valence-corrected chi connectivity index (χ4v) is 3.51. The number of nitrogens with zero attached hydrogens (tertiary/aromatic N) is 1. The van der Waals surface area contributed by atoms with Gasteiger partial charge in [-0.15, -0.1) is 11.3 Å². The normalized spacial score (nSPS) is 12.7. The van der Waals surface area contributed by atoms with Crippen LogP contribution in [-0.2, 0) is 0 Å². The number of benzene rings is 2. The molecule has 0 spiro atoms. The van der Waals surface area contributed by atoms with Gasteiger partial charge in [0.15, 0.2) is 28.3 Å². The lowest BCUT2D eigenvalue weighted by Gasteiger charge is -2.20. The van der Waals surface area contributed by atoms with Crippen molar-refractivity contribution in [2.75, 3.05) is 18.5 Å². The lowest BCUT2D eigenvalue weighted by atomic mass is 10.1. The molecule has 2 aromatic carbocycles. The Morgan fingerprint density at radius 1 is 1.15 bits per heavy atom. The van der Waals surface area contributed by atoms with Crippen molar-refractivity contribution in [3.8, 4) is 22.8 Å². The van der Waals surface area contributed by atoms with Crippen molar-refractivity contribution in [3.63, 3.8) is 0 Å². The van der Waals surface area contributed by atoms with E-state index in [0.717, 1.165) is 23.5 Å². The Morgan fingerprint density at radius 3 is 2.78 bits per heavy atom. The van der Waals surface area contributed by atoms with Crippen LogP contribution in [0.15, 0.2) is 35.7 Å². The summed E-state index contributed by atoms with van der Waals surface area (Å²) in [5.74, 6) is -1.51. The van der Waals surface area contributed by atoms with Crippen LogP contribution in [0, 0.1) is 11.6 Å². The van der Waals surface area contributed by atoms with Gasteiger partial charge in [-0.25, -0.2) is 13.8 Å². The van der Waals surface area contributed by atoms with Gasteiger partial charge in [0.25, 0.3) is 5.91 Å². The Labute approximate surface area is 161 Å². The number of halogens is 3. The summed E-state index contributed by atoms with van der Waals surface area (Å²) in [6, 6.07) is 6.52. The van der Waals surface area contributed by atoms with Crippen LogP contribution in [0.3, 0.4) is 0 Å². The minimum absolute atomic E-state index is 0.277. The number of nitrogens with one attached hydrogen (secondary N) is 1. The number of thiazole rings is 1. The highest BCUT2D eigenvalue weighted by Gasteiger charge is 2.20. The Balaban J connectivity index is 1.54. The third-order valence-electron chi connectivity index (χ3n) is 3.80. The number of rotatable bonds is 3. The monoisotopic (exact) mass is 408 g/mol. The molecular formula is C18H11ClF2N2O3S. The van der Waals surface area contributed by atoms with Gasteiger partial charge in [0, 0.05) is 16.5 Å². The summed E-state index contributed by atoms with van der Waals surface area (Å²) in [4.78, 5) is 16.7. The molecule has 1 amide bonds. The van der Waals surface area contributed by atoms with Crippen molar-refractivity contribution in [1.82, 2.24) is 4.98 Å². The van der Waals surface area contributed by atoms with E-state index in [-0.39, 0.29) is 10.6 Å². The van der Waals surface area contributed by atoms with E-state index in [1.807, 2.05) is 0 Å². The van der Waals surface area contributed by atoms with Crippen LogP contribution in [0.25, 0.3) is 11.3 Å². The molecule has 1 N–H and O–H groups in total. The molecule has 0 unspecified atom stereocenters. The summed E-state index contributed by atoms with van der Waals surface area (Å²) in [5, 5.41) is 4.88. The van der Waals surface area contributed by atoms with E-state index in [1.165, 1.54) is 12.1 Å². The van der Waals surface area contributed by atoms with Gasteiger partial charge in [0.1, 0.15) is 13.2 Å². The van der Waals surface area contributed by atoms with E-state index in [4.69, 9.17) is 21.1 Å². The van der Waals surface area contributed by atoms with Crippen LogP contribution >= 0.6 is 22.9 Å². The highest BCUT2D eigenvalue weighted by molar-refractivity contribution is 7.14. The molecular weight excluding hydrogens is 398 g/mol. The number of ether oxygens (including phenoxy) is 2. The van der Waals surface area contributed by atoms with E-state index in [2.05, 4.69) is 10.3 Å². The maximum Gasteiger partial charge on any atom is 0.257 e. The van der Waals surface area contributed by atoms with Gasteiger partial charge in [-0.3, -0.25) is 10.1 Å². The van der Waals surface area contributed by atoms with E-state index >= 15 is 0 Å². The number of carbonyl (C=O) groups excluding carboxylic acids is 1. The van der Waals surface area contributed by atoms with Gasteiger partial charge < -0.3 is 9.47 Å². The maximum absolute atomic E-state index is 13.4. The van der Waals surface area contributed by atoms with Crippen molar-refractivity contribution in [3.05, 3.63) is 57.9 Å². The second-order valence-electron chi connectivity index (χ2n) is 5.60. The van der Waals surface area contributed by atoms with E-state index in [1.54, 1.807) is 11.4 Å². The third-order valence-corrected chi connectivity index (χ3v) is 4.84. The zero-order valence-corrected chi connectivity index (χ0v) is 15.2. The SMILES string of the molecule is O=C(Nc1nc(-c2ccc(F)c(F)c2)cs1)c1cc(Cl)c2c(c1)OCCO2. The molecule has 2 heterocycles. The molecule has 9 heteroatoms. The zero-order valence-electron chi connectivity index (χ0n) is 13.6. The lowest BCUT2D eigenvalue weighted by Crippen LogP contribution is -2.17. The zero-order chi connectivity index (χ0) is 19.0. The quantitative estimate of drug-likeness (QED) is 0.678. The number of hydrogen-bond donors (Lipinski definition) is 1. The van der Waals surface area contributed by atoms with E-state index in [9.17, 15) is 13.6 Å². The molecule has 0 fully saturated rings. The Bertz CT molecular complexity index is 1040. The first kappa shape index (κ1) is 17.7. The predicted octanol–water partition coefficient (Wildman–Crippen LogP) is 4.77. The highest BCUT2D eigenvalue weighted by Crippen LogP contribution is 2.38. The van der Waals surface area contributed by atoms with Gasteiger partial charge in [-0.05, 0) is 30.3 Å². The number of aromatic nitrogens is 1. The second-order valence-corrected chi connectivity index (χ2v) is 6.87. The molecule has 0 radical (unpaired) electrons. The molecule has 0 atom stereocenters. The molecule has 4 rings (SSSR count). The van der Waals surface area contributed by atoms with Gasteiger partial charge in [-0.1, -0.05) is 11.6 Å². The van der Waals surface area contributed by atoms with Gasteiger partial charge >= 0.3 is 0 Å². The summed E-state index contributed by atoms with van der Waals surface area (Å²) in [5.41, 5.74) is 1.12. The highest BCUT2D eigenvalue weighted by atomic mass is 35.5. The van der Waals surface area contributed by atoms with Gasteiger partial charge in [0.05, 0.1) is 10.7 Å². The van der Waals surface area contributed by atoms with Crippen LogP contribution in [0.2, 0.25) is 5.02 Å². The number of anilines is 1. The number of hydrogen-bond acceptors (Lipinski definition) is 5. The topological polar surface area (TPSA) is 60.5 Å². The third kappa shape index (κ3) is 3.58. The van der Waals surface area contributed by atoms with E-state index < -0.39 is 17.5 Å². The smallest absolute Gasteiger partial charge is 0.257 e. The fraction of sp³-hybridized carbons (Fsp3) is 0.111. The van der Waals surface area contributed by atoms with Crippen molar-refractivity contribution in [1.29, 1.82) is 0 Å². The van der Waals surface area contributed by atoms with Crippen molar-refractivity contribution < 1.29 is 23.0 Å². The number of amides is 1. The molecule has 138 valence electrons. The maximum atomic E-state index is 13.4. The molecule has 1 aliphatic rings. The molecule has 27 heavy (non-hydrogen) atoms. The van der Waals surface area contributed by atoms with E-state index in [0.29, 0.717) is 41.1 Å². The van der Waals surface area contributed by atoms with Crippen molar-refractivity contribution >= 4 is 34.0 Å². The first-order chi connectivity index (χ1) is 13.0. The van der Waals surface area contributed by atoms with Crippen LogP contribution in [-0.4, -0.2) is 24.1 Å². The number of fused-ring (bicyclic) bond motifs is 1. The summed E-state index contributed by atoms with van der Waals surface area (Å²) < 4.78 is 37.3. The molecule has 5 nitrogen and oxygen atoms in total. The summed E-state index contributed by atoms with van der Waals surface area (Å²) in [6.07, 6.45) is 0. The molecule has 0 saturated heterocycles. The largest absolute Gasteiger partial charge is 0.486 e. The predicted molar refractivity (Wildman–Crippen MR) is 97.9 cm³/mol. The Hall–Kier alpha value is -2.71. The fourth-order valence-electron chi connectivity index (χ4n) is 2.53. The van der Waals surface area contributed by atoms with Gasteiger partial charge in [0.2, 0.25) is 0 Å². The molecule has 0 saturated carbocycles. The molecule has 1 aliphatic heterocycles. The van der Waals surface area contributed by atoms with Crippen molar-refractivity contribution in [2.45, 2.75) is 0 Å². The standard InChI is InChI=1S/C18H11ClF2N2O3S/c19-11-5-10(7-15-16(11)26-4-3-25-15)17(24)23-18-22-14(8-27-18)9-1-2-12(20)13(21)6-9/h1-2,5-8H,3-4H2,(H,22,23,24). The Kier molecular flexibility index (Phi) is 4.67. The summed E-state index contributed by atoms with van der Waals surface area (Å²) >= 11 is 7.30. The summed E-state index contributed by atoms with van der Waals surface area (Å²) in [7, 11) is 0. The minimum atomic E-state index is -0.961. The van der Waals surface area contributed by atoms with Crippen LogP contribution in [0.4, 0.5) is 13.9 Å². The molecule has 1 aromatic heterocycles. The molecule has 0 bridgehead atoms. The van der Waals surface area contributed by atoms with Gasteiger partial charge in [-0.2, -0.15) is 0 Å². The summed E-state index contributed by atoms with van der Waals surface area (Å²) in [6.45, 7) is 0.766. The second kappa shape index (κ2) is 7.13. The van der Waals surface area contributed by atoms with Crippen LogP contribution in [0.5, 0.6) is 11.5 Å². The first-order valence-corrected chi connectivity index (χ1v) is 9.08. The Morgan fingerprint density at radius 2 is 1.96 bits per heavy atom. The number of carbonyl (C=O) groups is 1. The van der Waals surface area contributed by atoms with Crippen LogP contribution in [0.1, 0.15) is 10.4 Å². The molecule has 0 aliphatic carbocycles. The van der Waals surface area contributed by atoms with Crippen LogP contribution < -0.4 is 14.8 Å². The average Bonchev–Trinajstić information content (AvgIpc) is 3.12. The lowest BCUT2D eigenvalue weighted by molar-refractivity contribution is 0.102. The average molecular weight is 409 g/mol. The minimum Gasteiger partial charge on any atom is -0.486 e. The molecule has 3 aromatic rings.